The first-order valence-corrected chi connectivity index (χ1v) is 6.17. The fourth-order valence-corrected chi connectivity index (χ4v) is 2.35. The average Bonchev–Trinajstić information content (AvgIpc) is 2.19. The highest BCUT2D eigenvalue weighted by Crippen LogP contribution is 2.16. The largest absolute Gasteiger partial charge is 0.384 e. The van der Waals surface area contributed by atoms with E-state index in [4.69, 9.17) is 16.3 Å². The second kappa shape index (κ2) is 7.49. The van der Waals surface area contributed by atoms with Gasteiger partial charge in [0.25, 0.3) is 0 Å². The SMILES string of the molecule is COCC1CCCN(CCCCCl)C1. The van der Waals surface area contributed by atoms with E-state index in [1.54, 1.807) is 7.11 Å². The molecule has 14 heavy (non-hydrogen) atoms. The van der Waals surface area contributed by atoms with E-state index in [2.05, 4.69) is 4.90 Å². The molecule has 0 saturated carbocycles. The van der Waals surface area contributed by atoms with Crippen LogP contribution in [-0.2, 0) is 4.74 Å². The van der Waals surface area contributed by atoms with Gasteiger partial charge in [0.05, 0.1) is 6.61 Å². The van der Waals surface area contributed by atoms with E-state index in [0.29, 0.717) is 0 Å². The quantitative estimate of drug-likeness (QED) is 0.503. The van der Waals surface area contributed by atoms with E-state index >= 15 is 0 Å². The van der Waals surface area contributed by atoms with Crippen molar-refractivity contribution in [2.75, 3.05) is 39.2 Å². The van der Waals surface area contributed by atoms with Crippen LogP contribution in [-0.4, -0.2) is 44.1 Å². The van der Waals surface area contributed by atoms with Crippen LogP contribution >= 0.6 is 11.6 Å². The molecule has 0 aromatic carbocycles. The van der Waals surface area contributed by atoms with Crippen molar-refractivity contribution in [1.29, 1.82) is 0 Å². The molecule has 1 aliphatic rings. The Balaban J connectivity index is 2.12. The summed E-state index contributed by atoms with van der Waals surface area (Å²) in [4.78, 5) is 2.56. The third-order valence-corrected chi connectivity index (χ3v) is 3.13. The Morgan fingerprint density at radius 1 is 1.43 bits per heavy atom. The molecular weight excluding hydrogens is 198 g/mol. The third kappa shape index (κ3) is 4.63. The van der Waals surface area contributed by atoms with Crippen LogP contribution in [0.1, 0.15) is 25.7 Å². The summed E-state index contributed by atoms with van der Waals surface area (Å²) < 4.78 is 5.21. The molecule has 0 aliphatic carbocycles. The van der Waals surface area contributed by atoms with Crippen molar-refractivity contribution in [1.82, 2.24) is 4.90 Å². The lowest BCUT2D eigenvalue weighted by atomic mass is 9.99. The van der Waals surface area contributed by atoms with Gasteiger partial charge in [-0.15, -0.1) is 11.6 Å². The number of piperidine rings is 1. The van der Waals surface area contributed by atoms with E-state index in [1.807, 2.05) is 0 Å². The van der Waals surface area contributed by atoms with Crippen molar-refractivity contribution in [2.45, 2.75) is 25.7 Å². The van der Waals surface area contributed by atoms with E-state index in [9.17, 15) is 0 Å². The topological polar surface area (TPSA) is 12.5 Å². The zero-order valence-electron chi connectivity index (χ0n) is 9.17. The zero-order chi connectivity index (χ0) is 10.2. The molecular formula is C11H22ClNO. The maximum absolute atomic E-state index is 5.66. The van der Waals surface area contributed by atoms with Crippen molar-refractivity contribution in [3.05, 3.63) is 0 Å². The monoisotopic (exact) mass is 219 g/mol. The highest BCUT2D eigenvalue weighted by Gasteiger charge is 2.18. The highest BCUT2D eigenvalue weighted by atomic mass is 35.5. The number of hydrogen-bond donors (Lipinski definition) is 0. The van der Waals surface area contributed by atoms with Gasteiger partial charge in [-0.25, -0.2) is 0 Å². The zero-order valence-corrected chi connectivity index (χ0v) is 9.93. The fraction of sp³-hybridized carbons (Fsp3) is 1.00. The molecule has 0 radical (unpaired) electrons. The van der Waals surface area contributed by atoms with Gasteiger partial charge in [0.15, 0.2) is 0 Å². The van der Waals surface area contributed by atoms with Crippen molar-refractivity contribution in [3.8, 4) is 0 Å². The average molecular weight is 220 g/mol. The van der Waals surface area contributed by atoms with Crippen molar-refractivity contribution in [3.63, 3.8) is 0 Å². The first-order valence-electron chi connectivity index (χ1n) is 5.64. The molecule has 0 aromatic heterocycles. The smallest absolute Gasteiger partial charge is 0.0502 e. The molecule has 1 saturated heterocycles. The Hall–Kier alpha value is 0.210. The Morgan fingerprint density at radius 3 is 3.00 bits per heavy atom. The Bertz CT molecular complexity index is 141. The van der Waals surface area contributed by atoms with Crippen LogP contribution < -0.4 is 0 Å². The van der Waals surface area contributed by atoms with Gasteiger partial charge in [0.2, 0.25) is 0 Å². The van der Waals surface area contributed by atoms with E-state index in [1.165, 1.54) is 38.9 Å². The molecule has 1 fully saturated rings. The van der Waals surface area contributed by atoms with Gasteiger partial charge in [-0.05, 0) is 44.7 Å². The highest BCUT2D eigenvalue weighted by molar-refractivity contribution is 6.17. The van der Waals surface area contributed by atoms with Crippen molar-refractivity contribution in [2.24, 2.45) is 5.92 Å². The van der Waals surface area contributed by atoms with Gasteiger partial charge in [-0.3, -0.25) is 0 Å². The number of nitrogens with zero attached hydrogens (tertiary/aromatic N) is 1. The summed E-state index contributed by atoms with van der Waals surface area (Å²) in [5, 5.41) is 0. The Kier molecular flexibility index (Phi) is 6.57. The second-order valence-electron chi connectivity index (χ2n) is 4.16. The van der Waals surface area contributed by atoms with Crippen LogP contribution in [0.2, 0.25) is 0 Å². The summed E-state index contributed by atoms with van der Waals surface area (Å²) in [5.74, 6) is 1.56. The normalized spacial score (nSPS) is 24.0. The van der Waals surface area contributed by atoms with Crippen LogP contribution in [0.3, 0.4) is 0 Å². The molecule has 0 amide bonds. The molecule has 1 unspecified atom stereocenters. The minimum atomic E-state index is 0.754. The summed E-state index contributed by atoms with van der Waals surface area (Å²) in [6, 6.07) is 0. The van der Waals surface area contributed by atoms with Crippen LogP contribution in [0.15, 0.2) is 0 Å². The number of likely N-dealkylation sites (tertiary alicyclic amines) is 1. The molecule has 1 rings (SSSR count). The number of methoxy groups -OCH3 is 1. The summed E-state index contributed by atoms with van der Waals surface area (Å²) in [5.41, 5.74) is 0. The van der Waals surface area contributed by atoms with E-state index in [-0.39, 0.29) is 0 Å². The molecule has 1 aliphatic heterocycles. The molecule has 0 N–H and O–H groups in total. The summed E-state index contributed by atoms with van der Waals surface area (Å²) >= 11 is 5.66. The number of rotatable bonds is 6. The number of halogens is 1. The van der Waals surface area contributed by atoms with Crippen LogP contribution in [0.4, 0.5) is 0 Å². The number of unbranched alkanes of at least 4 members (excludes halogenated alkanes) is 1. The lowest BCUT2D eigenvalue weighted by Gasteiger charge is -2.32. The first-order chi connectivity index (χ1) is 6.86. The predicted octanol–water partition coefficient (Wildman–Crippen LogP) is 2.36. The second-order valence-corrected chi connectivity index (χ2v) is 4.54. The lowest BCUT2D eigenvalue weighted by Crippen LogP contribution is -2.37. The van der Waals surface area contributed by atoms with Gasteiger partial charge in [-0.1, -0.05) is 0 Å². The molecule has 0 spiro atoms. The van der Waals surface area contributed by atoms with Gasteiger partial charge in [0, 0.05) is 19.5 Å². The molecule has 2 nitrogen and oxygen atoms in total. The maximum Gasteiger partial charge on any atom is 0.0502 e. The third-order valence-electron chi connectivity index (χ3n) is 2.86. The Labute approximate surface area is 92.6 Å². The summed E-state index contributed by atoms with van der Waals surface area (Å²) in [6.45, 7) is 4.62. The number of ether oxygens (including phenoxy) is 1. The van der Waals surface area contributed by atoms with Gasteiger partial charge in [-0.2, -0.15) is 0 Å². The summed E-state index contributed by atoms with van der Waals surface area (Å²) in [7, 11) is 1.80. The molecule has 3 heteroatoms. The van der Waals surface area contributed by atoms with E-state index < -0.39 is 0 Å². The molecule has 1 heterocycles. The fourth-order valence-electron chi connectivity index (χ4n) is 2.16. The predicted molar refractivity (Wildman–Crippen MR) is 61.0 cm³/mol. The molecule has 1 atom stereocenters. The van der Waals surface area contributed by atoms with Crippen molar-refractivity contribution >= 4 is 11.6 Å². The molecule has 0 bridgehead atoms. The van der Waals surface area contributed by atoms with Crippen LogP contribution in [0.5, 0.6) is 0 Å². The number of hydrogen-bond acceptors (Lipinski definition) is 2. The first kappa shape index (κ1) is 12.3. The number of alkyl halides is 1. The molecule has 84 valence electrons. The molecule has 0 aromatic rings. The lowest BCUT2D eigenvalue weighted by molar-refractivity contribution is 0.0901. The van der Waals surface area contributed by atoms with Crippen LogP contribution in [0.25, 0.3) is 0 Å². The Morgan fingerprint density at radius 2 is 2.29 bits per heavy atom. The minimum Gasteiger partial charge on any atom is -0.384 e. The van der Waals surface area contributed by atoms with Gasteiger partial charge >= 0.3 is 0 Å². The van der Waals surface area contributed by atoms with Crippen molar-refractivity contribution < 1.29 is 4.74 Å². The maximum atomic E-state index is 5.66. The van der Waals surface area contributed by atoms with Gasteiger partial charge < -0.3 is 9.64 Å². The summed E-state index contributed by atoms with van der Waals surface area (Å²) in [6.07, 6.45) is 5.05. The van der Waals surface area contributed by atoms with Crippen LogP contribution in [0, 0.1) is 5.92 Å². The van der Waals surface area contributed by atoms with Gasteiger partial charge in [0.1, 0.15) is 0 Å². The van der Waals surface area contributed by atoms with E-state index in [0.717, 1.165) is 24.8 Å². The minimum absolute atomic E-state index is 0.754. The standard InChI is InChI=1S/C11H22ClNO/c1-14-10-11-5-4-8-13(9-11)7-3-2-6-12/h11H,2-10H2,1H3.